The van der Waals surface area contributed by atoms with Gasteiger partial charge in [0.05, 0.1) is 6.10 Å². The number of nitrogens with one attached hydrogen (secondary N) is 2. The molecule has 0 spiro atoms. The summed E-state index contributed by atoms with van der Waals surface area (Å²) in [6.45, 7) is 4.43. The van der Waals surface area contributed by atoms with Crippen LogP contribution in [-0.4, -0.2) is 38.4 Å². The monoisotopic (exact) mass is 198 g/mol. The third-order valence-corrected chi connectivity index (χ3v) is 3.23. The van der Waals surface area contributed by atoms with E-state index in [4.69, 9.17) is 4.74 Å². The fourth-order valence-electron chi connectivity index (χ4n) is 2.31. The van der Waals surface area contributed by atoms with E-state index >= 15 is 0 Å². The Morgan fingerprint density at radius 3 is 3.00 bits per heavy atom. The standard InChI is InChI=1S/C11H22N2O/c1-2-8-14-11(3-1)5-7-13-10-4-6-12-9-10/h10-13H,1-9H2. The van der Waals surface area contributed by atoms with Crippen LogP contribution in [0.3, 0.4) is 0 Å². The largest absolute Gasteiger partial charge is 0.378 e. The second kappa shape index (κ2) is 5.69. The van der Waals surface area contributed by atoms with Crippen LogP contribution in [-0.2, 0) is 4.74 Å². The Morgan fingerprint density at radius 2 is 2.29 bits per heavy atom. The van der Waals surface area contributed by atoms with Crippen molar-refractivity contribution < 1.29 is 4.74 Å². The molecule has 2 rings (SSSR count). The second-order valence-corrected chi connectivity index (χ2v) is 4.42. The molecule has 2 heterocycles. The average molecular weight is 198 g/mol. The molecule has 0 bridgehead atoms. The average Bonchev–Trinajstić information content (AvgIpc) is 2.72. The van der Waals surface area contributed by atoms with E-state index in [2.05, 4.69) is 10.6 Å². The first-order valence-corrected chi connectivity index (χ1v) is 6.01. The molecule has 0 radical (unpaired) electrons. The predicted octanol–water partition coefficient (Wildman–Crippen LogP) is 0.897. The second-order valence-electron chi connectivity index (χ2n) is 4.42. The van der Waals surface area contributed by atoms with Gasteiger partial charge in [-0.05, 0) is 45.2 Å². The normalized spacial score (nSPS) is 33.4. The zero-order valence-electron chi connectivity index (χ0n) is 8.93. The van der Waals surface area contributed by atoms with Crippen molar-refractivity contribution in [2.75, 3.05) is 26.2 Å². The van der Waals surface area contributed by atoms with Crippen molar-refractivity contribution in [1.82, 2.24) is 10.6 Å². The molecule has 0 aromatic carbocycles. The van der Waals surface area contributed by atoms with Crippen molar-refractivity contribution in [3.63, 3.8) is 0 Å². The van der Waals surface area contributed by atoms with Gasteiger partial charge in [-0.25, -0.2) is 0 Å². The van der Waals surface area contributed by atoms with E-state index in [1.165, 1.54) is 38.6 Å². The van der Waals surface area contributed by atoms with Crippen molar-refractivity contribution in [2.45, 2.75) is 44.2 Å². The van der Waals surface area contributed by atoms with E-state index in [0.29, 0.717) is 12.1 Å². The Labute approximate surface area is 86.6 Å². The molecular weight excluding hydrogens is 176 g/mol. The molecule has 3 heteroatoms. The first-order chi connectivity index (χ1) is 6.95. The lowest BCUT2D eigenvalue weighted by atomic mass is 10.1. The van der Waals surface area contributed by atoms with Gasteiger partial charge in [-0.2, -0.15) is 0 Å². The summed E-state index contributed by atoms with van der Waals surface area (Å²) in [5.41, 5.74) is 0. The van der Waals surface area contributed by atoms with E-state index in [1.54, 1.807) is 0 Å². The van der Waals surface area contributed by atoms with Gasteiger partial charge in [0.2, 0.25) is 0 Å². The lowest BCUT2D eigenvalue weighted by Crippen LogP contribution is -2.34. The summed E-state index contributed by atoms with van der Waals surface area (Å²) in [5, 5.41) is 6.95. The molecule has 0 aromatic heterocycles. The highest BCUT2D eigenvalue weighted by atomic mass is 16.5. The number of hydrogen-bond acceptors (Lipinski definition) is 3. The van der Waals surface area contributed by atoms with Gasteiger partial charge in [-0.15, -0.1) is 0 Å². The van der Waals surface area contributed by atoms with Crippen LogP contribution in [0.4, 0.5) is 0 Å². The quantitative estimate of drug-likeness (QED) is 0.704. The van der Waals surface area contributed by atoms with Crippen molar-refractivity contribution in [3.8, 4) is 0 Å². The zero-order valence-corrected chi connectivity index (χ0v) is 8.93. The SMILES string of the molecule is C1CCC(CCNC2CCNC2)OC1. The summed E-state index contributed by atoms with van der Waals surface area (Å²) in [6.07, 6.45) is 6.89. The number of hydrogen-bond donors (Lipinski definition) is 2. The highest BCUT2D eigenvalue weighted by Gasteiger charge is 2.16. The van der Waals surface area contributed by atoms with E-state index in [1.807, 2.05) is 0 Å². The van der Waals surface area contributed by atoms with Crippen molar-refractivity contribution in [1.29, 1.82) is 0 Å². The summed E-state index contributed by atoms with van der Waals surface area (Å²) >= 11 is 0. The molecule has 2 aliphatic heterocycles. The molecule has 0 amide bonds. The van der Waals surface area contributed by atoms with Crippen molar-refractivity contribution in [3.05, 3.63) is 0 Å². The zero-order chi connectivity index (χ0) is 9.64. The lowest BCUT2D eigenvalue weighted by molar-refractivity contribution is 0.0113. The minimum absolute atomic E-state index is 0.533. The Hall–Kier alpha value is -0.120. The van der Waals surface area contributed by atoms with Gasteiger partial charge in [0.25, 0.3) is 0 Å². The molecule has 2 atom stereocenters. The predicted molar refractivity (Wildman–Crippen MR) is 57.5 cm³/mol. The molecule has 82 valence electrons. The van der Waals surface area contributed by atoms with Crippen LogP contribution in [0.2, 0.25) is 0 Å². The highest BCUT2D eigenvalue weighted by molar-refractivity contribution is 4.77. The van der Waals surface area contributed by atoms with Gasteiger partial charge >= 0.3 is 0 Å². The van der Waals surface area contributed by atoms with Gasteiger partial charge in [0.1, 0.15) is 0 Å². The summed E-state index contributed by atoms with van der Waals surface area (Å²) in [6, 6.07) is 0.707. The Kier molecular flexibility index (Phi) is 4.22. The van der Waals surface area contributed by atoms with Crippen LogP contribution in [0.15, 0.2) is 0 Å². The molecule has 0 aromatic rings. The molecule has 14 heavy (non-hydrogen) atoms. The maximum absolute atomic E-state index is 5.69. The Bertz CT molecular complexity index is 151. The molecule has 0 aliphatic carbocycles. The van der Waals surface area contributed by atoms with Gasteiger partial charge in [0.15, 0.2) is 0 Å². The summed E-state index contributed by atoms with van der Waals surface area (Å²) in [4.78, 5) is 0. The van der Waals surface area contributed by atoms with Crippen molar-refractivity contribution in [2.24, 2.45) is 0 Å². The van der Waals surface area contributed by atoms with Crippen LogP contribution in [0.25, 0.3) is 0 Å². The third kappa shape index (κ3) is 3.23. The first-order valence-electron chi connectivity index (χ1n) is 6.01. The first kappa shape index (κ1) is 10.4. The molecule has 2 N–H and O–H groups in total. The molecule has 2 aliphatic rings. The van der Waals surface area contributed by atoms with E-state index in [9.17, 15) is 0 Å². The van der Waals surface area contributed by atoms with Gasteiger partial charge in [-0.3, -0.25) is 0 Å². The number of rotatable bonds is 4. The Morgan fingerprint density at radius 1 is 1.29 bits per heavy atom. The van der Waals surface area contributed by atoms with E-state index in [-0.39, 0.29) is 0 Å². The smallest absolute Gasteiger partial charge is 0.0587 e. The minimum atomic E-state index is 0.533. The van der Waals surface area contributed by atoms with Crippen LogP contribution >= 0.6 is 0 Å². The van der Waals surface area contributed by atoms with Gasteiger partial charge in [-0.1, -0.05) is 0 Å². The van der Waals surface area contributed by atoms with Gasteiger partial charge in [0, 0.05) is 19.2 Å². The molecule has 2 fully saturated rings. The van der Waals surface area contributed by atoms with Crippen LogP contribution in [0, 0.1) is 0 Å². The molecule has 2 unspecified atom stereocenters. The molecule has 2 saturated heterocycles. The molecule has 0 saturated carbocycles. The van der Waals surface area contributed by atoms with Crippen LogP contribution in [0.5, 0.6) is 0 Å². The maximum Gasteiger partial charge on any atom is 0.0587 e. The number of ether oxygens (including phenoxy) is 1. The Balaban J connectivity index is 1.52. The summed E-state index contributed by atoms with van der Waals surface area (Å²) < 4.78 is 5.69. The van der Waals surface area contributed by atoms with Crippen LogP contribution < -0.4 is 10.6 Å². The molecular formula is C11H22N2O. The lowest BCUT2D eigenvalue weighted by Gasteiger charge is -2.23. The molecule has 3 nitrogen and oxygen atoms in total. The minimum Gasteiger partial charge on any atom is -0.378 e. The van der Waals surface area contributed by atoms with Crippen molar-refractivity contribution >= 4 is 0 Å². The van der Waals surface area contributed by atoms with Crippen LogP contribution in [0.1, 0.15) is 32.1 Å². The van der Waals surface area contributed by atoms with E-state index in [0.717, 1.165) is 19.7 Å². The van der Waals surface area contributed by atoms with Gasteiger partial charge < -0.3 is 15.4 Å². The highest BCUT2D eigenvalue weighted by Crippen LogP contribution is 2.14. The fourth-order valence-corrected chi connectivity index (χ4v) is 2.31. The van der Waals surface area contributed by atoms with E-state index < -0.39 is 0 Å². The third-order valence-electron chi connectivity index (χ3n) is 3.23. The maximum atomic E-state index is 5.69. The summed E-state index contributed by atoms with van der Waals surface area (Å²) in [5.74, 6) is 0. The topological polar surface area (TPSA) is 33.3 Å². The summed E-state index contributed by atoms with van der Waals surface area (Å²) in [7, 11) is 0. The fraction of sp³-hybridized carbons (Fsp3) is 1.00.